The number of β-amino-alcohol motifs (C(OH)–C–C–N with tert-alkyl or cyclic N) is 1. The number of aliphatic hydroxyl groups excluding tert-OH is 1. The summed E-state index contributed by atoms with van der Waals surface area (Å²) >= 11 is 0. The van der Waals surface area contributed by atoms with E-state index >= 15 is 0 Å². The molecule has 0 saturated carbocycles. The SMILES string of the molecule is CC(=O)c1ccc(N2CCN(CCO)CC2)c([N+](=O)[O-])c1. The average molecular weight is 293 g/mol. The molecule has 2 rings (SSSR count). The van der Waals surface area contributed by atoms with Gasteiger partial charge in [-0.05, 0) is 19.1 Å². The minimum Gasteiger partial charge on any atom is -0.395 e. The maximum atomic E-state index is 11.4. The number of nitro benzene ring substituents is 1. The first kappa shape index (κ1) is 15.4. The first-order valence-electron chi connectivity index (χ1n) is 6.90. The van der Waals surface area contributed by atoms with Crippen molar-refractivity contribution >= 4 is 17.2 Å². The summed E-state index contributed by atoms with van der Waals surface area (Å²) in [6, 6.07) is 4.62. The zero-order valence-electron chi connectivity index (χ0n) is 12.0. The van der Waals surface area contributed by atoms with Crippen LogP contribution in [0.2, 0.25) is 0 Å². The Balaban J connectivity index is 2.20. The molecule has 0 atom stereocenters. The van der Waals surface area contributed by atoms with Crippen LogP contribution in [0.5, 0.6) is 0 Å². The molecule has 0 spiro atoms. The van der Waals surface area contributed by atoms with Crippen molar-refractivity contribution in [3.05, 3.63) is 33.9 Å². The zero-order chi connectivity index (χ0) is 15.4. The van der Waals surface area contributed by atoms with Gasteiger partial charge < -0.3 is 10.0 Å². The summed E-state index contributed by atoms with van der Waals surface area (Å²) in [5, 5.41) is 20.2. The van der Waals surface area contributed by atoms with E-state index in [4.69, 9.17) is 5.11 Å². The van der Waals surface area contributed by atoms with E-state index in [0.717, 1.165) is 13.1 Å². The van der Waals surface area contributed by atoms with Crippen LogP contribution in [-0.2, 0) is 0 Å². The molecule has 7 nitrogen and oxygen atoms in total. The molecular formula is C14H19N3O4. The molecule has 0 unspecified atom stereocenters. The molecule has 0 aliphatic carbocycles. The highest BCUT2D eigenvalue weighted by molar-refractivity contribution is 5.95. The third kappa shape index (κ3) is 3.56. The summed E-state index contributed by atoms with van der Waals surface area (Å²) in [5.74, 6) is -0.183. The number of Topliss-reactive ketones (excluding diaryl/α,β-unsaturated/α-hetero) is 1. The van der Waals surface area contributed by atoms with Gasteiger partial charge in [-0.25, -0.2) is 0 Å². The molecule has 1 aliphatic heterocycles. The van der Waals surface area contributed by atoms with Gasteiger partial charge in [-0.1, -0.05) is 0 Å². The lowest BCUT2D eigenvalue weighted by molar-refractivity contribution is -0.384. The fourth-order valence-electron chi connectivity index (χ4n) is 2.51. The molecule has 114 valence electrons. The minimum atomic E-state index is -0.443. The number of piperazine rings is 1. The Hall–Kier alpha value is -1.99. The van der Waals surface area contributed by atoms with Crippen molar-refractivity contribution in [1.29, 1.82) is 0 Å². The molecule has 0 amide bonds. The number of hydrogen-bond acceptors (Lipinski definition) is 6. The van der Waals surface area contributed by atoms with Crippen LogP contribution in [0.15, 0.2) is 18.2 Å². The Labute approximate surface area is 122 Å². The van der Waals surface area contributed by atoms with Gasteiger partial charge in [0.2, 0.25) is 0 Å². The molecule has 1 aromatic rings. The standard InChI is InChI=1S/C14H19N3O4/c1-11(19)12-2-3-13(14(10-12)17(20)21)16-6-4-15(5-7-16)8-9-18/h2-3,10,18H,4-9H2,1H3. The van der Waals surface area contributed by atoms with Gasteiger partial charge in [0.1, 0.15) is 5.69 Å². The van der Waals surface area contributed by atoms with E-state index in [9.17, 15) is 14.9 Å². The van der Waals surface area contributed by atoms with Gasteiger partial charge in [0, 0.05) is 44.4 Å². The van der Waals surface area contributed by atoms with Gasteiger partial charge in [-0.3, -0.25) is 19.8 Å². The monoisotopic (exact) mass is 293 g/mol. The molecule has 1 heterocycles. The molecule has 1 saturated heterocycles. The predicted octanol–water partition coefficient (Wildman–Crippen LogP) is 0.912. The van der Waals surface area contributed by atoms with Crippen LogP contribution in [-0.4, -0.2) is 60.0 Å². The summed E-state index contributed by atoms with van der Waals surface area (Å²) < 4.78 is 0. The highest BCUT2D eigenvalue weighted by Crippen LogP contribution is 2.30. The highest BCUT2D eigenvalue weighted by Gasteiger charge is 2.24. The molecule has 1 fully saturated rings. The summed E-state index contributed by atoms with van der Waals surface area (Å²) in [7, 11) is 0. The molecule has 7 heteroatoms. The Morgan fingerprint density at radius 3 is 2.52 bits per heavy atom. The lowest BCUT2D eigenvalue weighted by Gasteiger charge is -2.35. The van der Waals surface area contributed by atoms with Gasteiger partial charge in [0.05, 0.1) is 11.5 Å². The number of nitro groups is 1. The predicted molar refractivity (Wildman–Crippen MR) is 78.8 cm³/mol. The lowest BCUT2D eigenvalue weighted by atomic mass is 10.1. The summed E-state index contributed by atoms with van der Waals surface area (Å²) in [4.78, 5) is 26.2. The van der Waals surface area contributed by atoms with Crippen molar-refractivity contribution in [2.75, 3.05) is 44.2 Å². The fraction of sp³-hybridized carbons (Fsp3) is 0.500. The van der Waals surface area contributed by atoms with E-state index in [1.54, 1.807) is 12.1 Å². The maximum Gasteiger partial charge on any atom is 0.293 e. The second-order valence-electron chi connectivity index (χ2n) is 5.07. The number of carbonyl (C=O) groups excluding carboxylic acids is 1. The Morgan fingerprint density at radius 2 is 2.00 bits per heavy atom. The number of carbonyl (C=O) groups is 1. The van der Waals surface area contributed by atoms with Crippen molar-refractivity contribution < 1.29 is 14.8 Å². The summed E-state index contributed by atoms with van der Waals surface area (Å²) in [6.45, 7) is 4.98. The van der Waals surface area contributed by atoms with Crippen LogP contribution in [0.1, 0.15) is 17.3 Å². The van der Waals surface area contributed by atoms with Crippen LogP contribution in [0, 0.1) is 10.1 Å². The number of rotatable bonds is 5. The second kappa shape index (κ2) is 6.64. The average Bonchev–Trinajstić information content (AvgIpc) is 2.47. The highest BCUT2D eigenvalue weighted by atomic mass is 16.6. The van der Waals surface area contributed by atoms with E-state index in [2.05, 4.69) is 4.90 Å². The van der Waals surface area contributed by atoms with Gasteiger partial charge >= 0.3 is 0 Å². The van der Waals surface area contributed by atoms with Gasteiger partial charge in [0.25, 0.3) is 5.69 Å². The fourth-order valence-corrected chi connectivity index (χ4v) is 2.51. The number of anilines is 1. The van der Waals surface area contributed by atoms with Crippen LogP contribution in [0.4, 0.5) is 11.4 Å². The molecular weight excluding hydrogens is 274 g/mol. The Kier molecular flexibility index (Phi) is 4.87. The number of ketones is 1. The third-order valence-electron chi connectivity index (χ3n) is 3.71. The van der Waals surface area contributed by atoms with Crippen molar-refractivity contribution in [3.63, 3.8) is 0 Å². The van der Waals surface area contributed by atoms with Gasteiger partial charge in [0.15, 0.2) is 5.78 Å². The number of aliphatic hydroxyl groups is 1. The first-order chi connectivity index (χ1) is 10.0. The topological polar surface area (TPSA) is 86.9 Å². The normalized spacial score (nSPS) is 16.0. The van der Waals surface area contributed by atoms with E-state index in [0.29, 0.717) is 30.9 Å². The van der Waals surface area contributed by atoms with Crippen LogP contribution >= 0.6 is 0 Å². The molecule has 1 aromatic carbocycles. The largest absolute Gasteiger partial charge is 0.395 e. The van der Waals surface area contributed by atoms with E-state index in [1.165, 1.54) is 13.0 Å². The smallest absolute Gasteiger partial charge is 0.293 e. The van der Waals surface area contributed by atoms with Crippen molar-refractivity contribution in [2.45, 2.75) is 6.92 Å². The maximum absolute atomic E-state index is 11.4. The number of benzene rings is 1. The molecule has 0 radical (unpaired) electrons. The molecule has 0 aromatic heterocycles. The third-order valence-corrected chi connectivity index (χ3v) is 3.71. The van der Waals surface area contributed by atoms with E-state index in [-0.39, 0.29) is 18.1 Å². The van der Waals surface area contributed by atoms with Crippen molar-refractivity contribution in [1.82, 2.24) is 4.90 Å². The summed E-state index contributed by atoms with van der Waals surface area (Å²) in [6.07, 6.45) is 0. The second-order valence-corrected chi connectivity index (χ2v) is 5.07. The van der Waals surface area contributed by atoms with E-state index < -0.39 is 4.92 Å². The minimum absolute atomic E-state index is 0.0293. The lowest BCUT2D eigenvalue weighted by Crippen LogP contribution is -2.47. The quantitative estimate of drug-likeness (QED) is 0.493. The zero-order valence-corrected chi connectivity index (χ0v) is 12.0. The Bertz CT molecular complexity index is 539. The van der Waals surface area contributed by atoms with Crippen molar-refractivity contribution in [2.24, 2.45) is 0 Å². The summed E-state index contributed by atoms with van der Waals surface area (Å²) in [5.41, 5.74) is 0.872. The molecule has 0 bridgehead atoms. The number of hydrogen-bond donors (Lipinski definition) is 1. The molecule has 1 aliphatic rings. The Morgan fingerprint density at radius 1 is 1.33 bits per heavy atom. The van der Waals surface area contributed by atoms with Crippen LogP contribution in [0.3, 0.4) is 0 Å². The first-order valence-corrected chi connectivity index (χ1v) is 6.90. The van der Waals surface area contributed by atoms with E-state index in [1.807, 2.05) is 4.90 Å². The molecule has 1 N–H and O–H groups in total. The van der Waals surface area contributed by atoms with Crippen LogP contribution in [0.25, 0.3) is 0 Å². The van der Waals surface area contributed by atoms with Gasteiger partial charge in [-0.15, -0.1) is 0 Å². The molecule has 21 heavy (non-hydrogen) atoms. The van der Waals surface area contributed by atoms with Crippen LogP contribution < -0.4 is 4.90 Å². The number of nitrogens with zero attached hydrogens (tertiary/aromatic N) is 3. The van der Waals surface area contributed by atoms with Crippen molar-refractivity contribution in [3.8, 4) is 0 Å². The van der Waals surface area contributed by atoms with Gasteiger partial charge in [-0.2, -0.15) is 0 Å².